The first-order chi connectivity index (χ1) is 13.9. The fourth-order valence-electron chi connectivity index (χ4n) is 4.05. The number of esters is 1. The van der Waals surface area contributed by atoms with Crippen LogP contribution in [0.1, 0.15) is 44.7 Å². The zero-order valence-electron chi connectivity index (χ0n) is 17.1. The average molecular weight is 426 g/mol. The van der Waals surface area contributed by atoms with Crippen LogP contribution < -0.4 is 5.32 Å². The maximum atomic E-state index is 12.9. The number of nitrogens with one attached hydrogen (secondary N) is 1. The summed E-state index contributed by atoms with van der Waals surface area (Å²) in [5.74, 6) is -1.49. The van der Waals surface area contributed by atoms with E-state index in [1.54, 1.807) is 0 Å². The van der Waals surface area contributed by atoms with Gasteiger partial charge >= 0.3 is 12.1 Å². The van der Waals surface area contributed by atoms with Crippen molar-refractivity contribution in [3.05, 3.63) is 40.5 Å². The number of amides is 1. The summed E-state index contributed by atoms with van der Waals surface area (Å²) in [7, 11) is 0. The highest BCUT2D eigenvalue weighted by atomic mass is 19.4. The van der Waals surface area contributed by atoms with E-state index in [0.717, 1.165) is 18.2 Å². The fraction of sp³-hybridized carbons (Fsp3) is 0.524. The van der Waals surface area contributed by atoms with Crippen molar-refractivity contribution in [2.24, 2.45) is 0 Å². The van der Waals surface area contributed by atoms with Crippen LogP contribution in [0, 0.1) is 0 Å². The lowest BCUT2D eigenvalue weighted by Crippen LogP contribution is -2.50. The Balaban J connectivity index is 1.78. The van der Waals surface area contributed by atoms with Gasteiger partial charge in [0.05, 0.1) is 11.1 Å². The van der Waals surface area contributed by atoms with E-state index >= 15 is 0 Å². The first kappa shape index (κ1) is 22.1. The van der Waals surface area contributed by atoms with Crippen molar-refractivity contribution >= 4 is 11.9 Å². The van der Waals surface area contributed by atoms with Crippen molar-refractivity contribution in [2.45, 2.75) is 58.0 Å². The highest BCUT2D eigenvalue weighted by molar-refractivity contribution is 6.07. The van der Waals surface area contributed by atoms with E-state index in [0.29, 0.717) is 32.0 Å². The SMILES string of the molecule is CC1=C(C(=O)NCc2cc(C(F)(F)F)ccc2O)C2(CCN(C(C)C)CC2)OC1=O. The van der Waals surface area contributed by atoms with Crippen LogP contribution in [0.25, 0.3) is 0 Å². The monoisotopic (exact) mass is 426 g/mol. The van der Waals surface area contributed by atoms with E-state index < -0.39 is 29.2 Å². The Bertz CT molecular complexity index is 885. The average Bonchev–Trinajstić information content (AvgIpc) is 2.90. The third kappa shape index (κ3) is 4.16. The molecule has 1 fully saturated rings. The van der Waals surface area contributed by atoms with Gasteiger partial charge in [-0.15, -0.1) is 0 Å². The number of phenolic OH excluding ortho intramolecular Hbond substituents is 1. The molecule has 2 aliphatic heterocycles. The molecule has 2 heterocycles. The van der Waals surface area contributed by atoms with E-state index in [1.165, 1.54) is 6.92 Å². The number of ether oxygens (including phenoxy) is 1. The van der Waals surface area contributed by atoms with Gasteiger partial charge in [0.1, 0.15) is 11.4 Å². The molecule has 0 aromatic heterocycles. The Morgan fingerprint density at radius 1 is 1.30 bits per heavy atom. The largest absolute Gasteiger partial charge is 0.508 e. The van der Waals surface area contributed by atoms with Crippen LogP contribution in [0.2, 0.25) is 0 Å². The number of nitrogens with zero attached hydrogens (tertiary/aromatic N) is 1. The first-order valence-electron chi connectivity index (χ1n) is 9.80. The molecule has 9 heteroatoms. The van der Waals surface area contributed by atoms with Crippen molar-refractivity contribution in [3.8, 4) is 5.75 Å². The molecule has 1 aromatic rings. The second kappa shape index (κ2) is 7.94. The van der Waals surface area contributed by atoms with Crippen molar-refractivity contribution in [3.63, 3.8) is 0 Å². The van der Waals surface area contributed by atoms with Crippen LogP contribution in [0.4, 0.5) is 13.2 Å². The van der Waals surface area contributed by atoms with Crippen molar-refractivity contribution in [1.29, 1.82) is 0 Å². The molecule has 6 nitrogen and oxygen atoms in total. The normalized spacial score (nSPS) is 19.5. The highest BCUT2D eigenvalue weighted by Crippen LogP contribution is 2.41. The van der Waals surface area contributed by atoms with Crippen LogP contribution in [0.5, 0.6) is 5.75 Å². The first-order valence-corrected chi connectivity index (χ1v) is 9.80. The van der Waals surface area contributed by atoms with Crippen LogP contribution in [-0.4, -0.2) is 46.6 Å². The smallest absolute Gasteiger partial charge is 0.416 e. The van der Waals surface area contributed by atoms with E-state index in [9.17, 15) is 27.9 Å². The minimum absolute atomic E-state index is 0.0645. The van der Waals surface area contributed by atoms with Gasteiger partial charge in [-0.1, -0.05) is 0 Å². The third-order valence-electron chi connectivity index (χ3n) is 5.83. The number of aromatic hydroxyl groups is 1. The predicted molar refractivity (Wildman–Crippen MR) is 102 cm³/mol. The maximum absolute atomic E-state index is 12.9. The summed E-state index contributed by atoms with van der Waals surface area (Å²) < 4.78 is 44.4. The summed E-state index contributed by atoms with van der Waals surface area (Å²) in [5, 5.41) is 12.4. The van der Waals surface area contributed by atoms with Gasteiger partial charge in [-0.05, 0) is 39.0 Å². The molecule has 30 heavy (non-hydrogen) atoms. The molecule has 1 saturated heterocycles. The summed E-state index contributed by atoms with van der Waals surface area (Å²) in [6.07, 6.45) is -3.64. The molecule has 164 valence electrons. The summed E-state index contributed by atoms with van der Waals surface area (Å²) >= 11 is 0. The van der Waals surface area contributed by atoms with Crippen LogP contribution in [0.3, 0.4) is 0 Å². The predicted octanol–water partition coefficient (Wildman–Crippen LogP) is 3.14. The van der Waals surface area contributed by atoms with Crippen LogP contribution in [0.15, 0.2) is 29.3 Å². The molecule has 0 radical (unpaired) electrons. The number of phenols is 1. The van der Waals surface area contributed by atoms with Crippen LogP contribution >= 0.6 is 0 Å². The number of alkyl halides is 3. The lowest BCUT2D eigenvalue weighted by Gasteiger charge is -2.40. The van der Waals surface area contributed by atoms with Gasteiger partial charge in [-0.25, -0.2) is 4.79 Å². The maximum Gasteiger partial charge on any atom is 0.416 e. The molecular weight excluding hydrogens is 401 g/mol. The summed E-state index contributed by atoms with van der Waals surface area (Å²) in [4.78, 5) is 27.4. The molecule has 0 atom stereocenters. The molecule has 2 N–H and O–H groups in total. The molecule has 0 unspecified atom stereocenters. The van der Waals surface area contributed by atoms with Gasteiger partial charge in [0.2, 0.25) is 0 Å². The summed E-state index contributed by atoms with van der Waals surface area (Å²) in [6.45, 7) is 6.65. The molecule has 2 aliphatic rings. The van der Waals surface area contributed by atoms with Gasteiger partial charge < -0.3 is 20.1 Å². The second-order valence-corrected chi connectivity index (χ2v) is 8.04. The third-order valence-corrected chi connectivity index (χ3v) is 5.83. The van der Waals surface area contributed by atoms with Crippen molar-refractivity contribution in [2.75, 3.05) is 13.1 Å². The zero-order chi connectivity index (χ0) is 22.3. The van der Waals surface area contributed by atoms with Gasteiger partial charge in [-0.3, -0.25) is 4.79 Å². The molecular formula is C21H25F3N2O4. The van der Waals surface area contributed by atoms with Gasteiger partial charge in [0.25, 0.3) is 5.91 Å². The van der Waals surface area contributed by atoms with E-state index in [1.807, 2.05) is 0 Å². The van der Waals surface area contributed by atoms with Gasteiger partial charge in [-0.2, -0.15) is 13.2 Å². The Morgan fingerprint density at radius 2 is 1.93 bits per heavy atom. The van der Waals surface area contributed by atoms with Gasteiger partial charge in [0.15, 0.2) is 0 Å². The van der Waals surface area contributed by atoms with E-state index in [4.69, 9.17) is 4.74 Å². The molecule has 1 amide bonds. The van der Waals surface area contributed by atoms with Gasteiger partial charge in [0, 0.05) is 49.7 Å². The number of likely N-dealkylation sites (tertiary alicyclic amines) is 1. The number of hydrogen-bond donors (Lipinski definition) is 2. The lowest BCUT2D eigenvalue weighted by molar-refractivity contribution is -0.151. The zero-order valence-corrected chi connectivity index (χ0v) is 17.1. The molecule has 1 spiro atoms. The second-order valence-electron chi connectivity index (χ2n) is 8.04. The standard InChI is InChI=1S/C21H25F3N2O4/c1-12(2)26-8-6-20(7-9-26)17(13(3)19(29)30-20)18(28)25-11-14-10-15(21(22,23)24)4-5-16(14)27/h4-5,10,12,27H,6-9,11H2,1-3H3,(H,25,28). The Labute approximate surface area is 172 Å². The molecule has 3 rings (SSSR count). The number of carbonyl (C=O) groups excluding carboxylic acids is 2. The van der Waals surface area contributed by atoms with Crippen LogP contribution in [-0.2, 0) is 27.0 Å². The number of halogens is 3. The number of benzene rings is 1. The molecule has 1 aromatic carbocycles. The lowest BCUT2D eigenvalue weighted by atomic mass is 9.82. The van der Waals surface area contributed by atoms with Crippen molar-refractivity contribution < 1.29 is 32.6 Å². The fourth-order valence-corrected chi connectivity index (χ4v) is 4.05. The summed E-state index contributed by atoms with van der Waals surface area (Å²) in [5.41, 5.74) is -1.57. The Morgan fingerprint density at radius 3 is 2.50 bits per heavy atom. The van der Waals surface area contributed by atoms with Crippen molar-refractivity contribution in [1.82, 2.24) is 10.2 Å². The molecule has 0 bridgehead atoms. The summed E-state index contributed by atoms with van der Waals surface area (Å²) in [6, 6.07) is 2.84. The Hall–Kier alpha value is -2.55. The van der Waals surface area contributed by atoms with E-state index in [2.05, 4.69) is 24.1 Å². The minimum atomic E-state index is -4.56. The highest BCUT2D eigenvalue weighted by Gasteiger charge is 2.50. The van der Waals surface area contributed by atoms with E-state index in [-0.39, 0.29) is 29.0 Å². The number of carbonyl (C=O) groups is 2. The quantitative estimate of drug-likeness (QED) is 0.724. The topological polar surface area (TPSA) is 78.9 Å². The number of hydrogen-bond acceptors (Lipinski definition) is 5. The molecule has 0 saturated carbocycles. The Kier molecular flexibility index (Phi) is 5.86. The number of piperidine rings is 1. The minimum Gasteiger partial charge on any atom is -0.508 e. The number of rotatable bonds is 4. The molecule has 0 aliphatic carbocycles.